The minimum atomic E-state index is -2.15. The van der Waals surface area contributed by atoms with Gasteiger partial charge in [0.05, 0.1) is 0 Å². The van der Waals surface area contributed by atoms with Gasteiger partial charge in [-0.25, -0.2) is 26.5 Å². The first kappa shape index (κ1) is 22.6. The fourth-order valence-electron chi connectivity index (χ4n) is 2.56. The van der Waals surface area contributed by atoms with Gasteiger partial charge in [0, 0.05) is 18.6 Å². The maximum absolute atomic E-state index is 13.4. The zero-order chi connectivity index (χ0) is 21.2. The van der Waals surface area contributed by atoms with Crippen LogP contribution in [-0.2, 0) is 12.9 Å². The lowest BCUT2D eigenvalue weighted by atomic mass is 9.64. The fraction of sp³-hybridized carbons (Fsp3) is 0.227. The van der Waals surface area contributed by atoms with Gasteiger partial charge in [-0.15, -0.1) is 0 Å². The first-order chi connectivity index (χ1) is 14.0. The van der Waals surface area contributed by atoms with Crippen LogP contribution in [0.2, 0.25) is 0 Å². The molecule has 1 radical (unpaired) electrons. The molecule has 1 nitrogen and oxygen atoms in total. The minimum absolute atomic E-state index is 0.0686. The maximum atomic E-state index is 13.4. The second-order valence-corrected chi connectivity index (χ2v) is 6.34. The Hall–Kier alpha value is -2.70. The summed E-state index contributed by atoms with van der Waals surface area (Å²) in [6.07, 6.45) is 6.82. The molecule has 0 amide bonds. The monoisotopic (exact) mass is 405 g/mol. The highest BCUT2D eigenvalue weighted by molar-refractivity contribution is 6.53. The van der Waals surface area contributed by atoms with E-state index in [1.165, 1.54) is 12.8 Å². The molecule has 0 bridgehead atoms. The van der Waals surface area contributed by atoms with E-state index in [1.54, 1.807) is 30.3 Å². The number of pyridine rings is 1. The molecule has 0 N–H and O–H groups in total. The van der Waals surface area contributed by atoms with Gasteiger partial charge in [0.25, 0.3) is 0 Å². The molecule has 1 aromatic heterocycles. The highest BCUT2D eigenvalue weighted by atomic mass is 19.2. The molecular formula is C22H21BF5N+. The van der Waals surface area contributed by atoms with Gasteiger partial charge in [-0.3, -0.25) is 0 Å². The van der Waals surface area contributed by atoms with Crippen LogP contribution in [0.3, 0.4) is 0 Å². The van der Waals surface area contributed by atoms with Crippen molar-refractivity contribution in [3.05, 3.63) is 95.6 Å². The summed E-state index contributed by atoms with van der Waals surface area (Å²) in [7, 11) is 0.978. The van der Waals surface area contributed by atoms with Gasteiger partial charge in [-0.2, -0.15) is 0 Å². The molecule has 29 heavy (non-hydrogen) atoms. The van der Waals surface area contributed by atoms with Crippen molar-refractivity contribution in [2.24, 2.45) is 0 Å². The Kier molecular flexibility index (Phi) is 8.84. The Morgan fingerprint density at radius 2 is 1.24 bits per heavy atom. The van der Waals surface area contributed by atoms with Crippen molar-refractivity contribution in [1.82, 2.24) is 0 Å². The molecule has 0 fully saturated rings. The number of benzene rings is 2. The Morgan fingerprint density at radius 3 is 1.79 bits per heavy atom. The third-order valence-corrected chi connectivity index (χ3v) is 4.18. The van der Waals surface area contributed by atoms with Gasteiger partial charge in [0.1, 0.15) is 6.54 Å². The molecule has 0 aliphatic carbocycles. The zero-order valence-corrected chi connectivity index (χ0v) is 16.0. The van der Waals surface area contributed by atoms with E-state index >= 15 is 0 Å². The number of hydrogen-bond donors (Lipinski definition) is 0. The van der Waals surface area contributed by atoms with Crippen molar-refractivity contribution in [3.63, 3.8) is 0 Å². The molecule has 0 aliphatic heterocycles. The Morgan fingerprint density at radius 1 is 0.724 bits per heavy atom. The normalized spacial score (nSPS) is 10.3. The standard InChI is InChI=1S/C13H7BF5.C9H14N/c15-9-8(10(16)12(18)13(19)11(9)17)14-6-7-4-2-1-3-5-7;1-2-3-7-10-8-5-4-6-9-10/h1-5H,6H2;4-6,8-9H,2-3,7H2,1H3/q;+1. The molecule has 0 spiro atoms. The second-order valence-electron chi connectivity index (χ2n) is 6.34. The van der Waals surface area contributed by atoms with Crippen LogP contribution in [-0.4, -0.2) is 7.28 Å². The van der Waals surface area contributed by atoms with Crippen molar-refractivity contribution >= 4 is 12.7 Å². The average molecular weight is 405 g/mol. The van der Waals surface area contributed by atoms with Crippen molar-refractivity contribution in [3.8, 4) is 0 Å². The summed E-state index contributed by atoms with van der Waals surface area (Å²) in [5.41, 5.74) is -0.202. The summed E-state index contributed by atoms with van der Waals surface area (Å²) >= 11 is 0. The molecule has 0 saturated carbocycles. The number of unbranched alkanes of at least 4 members (excludes halogenated alkanes) is 1. The van der Waals surface area contributed by atoms with Crippen LogP contribution in [0.5, 0.6) is 0 Å². The number of nitrogens with zero attached hydrogens (tertiary/aromatic N) is 1. The van der Waals surface area contributed by atoms with E-state index < -0.39 is 34.5 Å². The Labute approximate surface area is 168 Å². The van der Waals surface area contributed by atoms with E-state index in [1.807, 2.05) is 6.07 Å². The smallest absolute Gasteiger partial charge is 0.200 e. The third kappa shape index (κ3) is 6.41. The number of hydrogen-bond acceptors (Lipinski definition) is 0. The van der Waals surface area contributed by atoms with Gasteiger partial charge in [0.15, 0.2) is 48.8 Å². The van der Waals surface area contributed by atoms with Crippen LogP contribution in [0.15, 0.2) is 60.9 Å². The quantitative estimate of drug-likeness (QED) is 0.184. The summed E-state index contributed by atoms with van der Waals surface area (Å²) in [6.45, 7) is 3.36. The van der Waals surface area contributed by atoms with Crippen molar-refractivity contribution in [1.29, 1.82) is 0 Å². The maximum Gasteiger partial charge on any atom is 0.200 e. The predicted octanol–water partition coefficient (Wildman–Crippen LogP) is 4.69. The van der Waals surface area contributed by atoms with Crippen molar-refractivity contribution < 1.29 is 26.5 Å². The summed E-state index contributed by atoms with van der Waals surface area (Å²) < 4.78 is 67.6. The van der Waals surface area contributed by atoms with E-state index in [9.17, 15) is 22.0 Å². The van der Waals surface area contributed by atoms with Crippen molar-refractivity contribution in [2.75, 3.05) is 0 Å². The summed E-state index contributed by atoms with van der Waals surface area (Å²) in [5.74, 6) is -9.64. The molecule has 1 heterocycles. The van der Waals surface area contributed by atoms with Gasteiger partial charge in [-0.1, -0.05) is 55.3 Å². The lowest BCUT2D eigenvalue weighted by molar-refractivity contribution is -0.697. The molecule has 2 aromatic carbocycles. The number of aryl methyl sites for hydroxylation is 1. The topological polar surface area (TPSA) is 3.88 Å². The predicted molar refractivity (Wildman–Crippen MR) is 103 cm³/mol. The van der Waals surface area contributed by atoms with Gasteiger partial charge < -0.3 is 0 Å². The number of halogens is 5. The molecule has 0 saturated heterocycles. The van der Waals surface area contributed by atoms with Crippen LogP contribution in [0.4, 0.5) is 22.0 Å². The average Bonchev–Trinajstić information content (AvgIpc) is 2.77. The SMILES string of the molecule is CCCC[n+]1ccccc1.Fc1c(F)c(F)c([B]Cc2ccccc2)c(F)c1F. The van der Waals surface area contributed by atoms with Gasteiger partial charge in [0.2, 0.25) is 0 Å². The number of aromatic nitrogens is 1. The van der Waals surface area contributed by atoms with E-state index in [2.05, 4.69) is 36.0 Å². The lowest BCUT2D eigenvalue weighted by Crippen LogP contribution is -2.31. The Balaban J connectivity index is 0.000000253. The minimum Gasteiger partial charge on any atom is -0.205 e. The largest absolute Gasteiger partial charge is 0.205 e. The summed E-state index contributed by atoms with van der Waals surface area (Å²) in [5, 5.41) is 0. The third-order valence-electron chi connectivity index (χ3n) is 4.18. The molecule has 7 heteroatoms. The molecule has 0 aliphatic rings. The lowest BCUT2D eigenvalue weighted by Gasteiger charge is -2.07. The van der Waals surface area contributed by atoms with E-state index in [4.69, 9.17) is 0 Å². The van der Waals surface area contributed by atoms with Crippen LogP contribution in [0.25, 0.3) is 0 Å². The van der Waals surface area contributed by atoms with Gasteiger partial charge >= 0.3 is 0 Å². The van der Waals surface area contributed by atoms with Crippen molar-refractivity contribution in [2.45, 2.75) is 32.6 Å². The molecule has 3 aromatic rings. The molecule has 0 atom stereocenters. The van der Waals surface area contributed by atoms with Gasteiger partial charge in [-0.05, 0) is 11.8 Å². The second kappa shape index (κ2) is 11.3. The van der Waals surface area contributed by atoms with Crippen LogP contribution < -0.4 is 10.0 Å². The van der Waals surface area contributed by atoms with Crippen LogP contribution in [0.1, 0.15) is 25.3 Å². The van der Waals surface area contributed by atoms with E-state index in [0.29, 0.717) is 5.56 Å². The highest BCUT2D eigenvalue weighted by Crippen LogP contribution is 2.16. The van der Waals surface area contributed by atoms with E-state index in [0.717, 1.165) is 13.8 Å². The molecule has 0 unspecified atom stereocenters. The summed E-state index contributed by atoms with van der Waals surface area (Å²) in [4.78, 5) is 0. The molecule has 3 rings (SSSR count). The molecular weight excluding hydrogens is 384 g/mol. The van der Waals surface area contributed by atoms with E-state index in [-0.39, 0.29) is 6.32 Å². The first-order valence-electron chi connectivity index (χ1n) is 9.28. The number of rotatable bonds is 6. The molecule has 151 valence electrons. The van der Waals surface area contributed by atoms with Crippen LogP contribution in [0, 0.1) is 29.1 Å². The van der Waals surface area contributed by atoms with Crippen LogP contribution >= 0.6 is 0 Å². The first-order valence-corrected chi connectivity index (χ1v) is 9.28. The zero-order valence-electron chi connectivity index (χ0n) is 16.0. The Bertz CT molecular complexity index is 875. The fourth-order valence-corrected chi connectivity index (χ4v) is 2.56. The highest BCUT2D eigenvalue weighted by Gasteiger charge is 2.25. The summed E-state index contributed by atoms with van der Waals surface area (Å²) in [6, 6.07) is 14.7.